The minimum Gasteiger partial charge on any atom is -0.463 e. The molecule has 0 saturated carbocycles. The number of hydrogen-bond acceptors (Lipinski definition) is 7. The number of aliphatic hydroxyl groups is 3. The van der Waals surface area contributed by atoms with Crippen molar-refractivity contribution in [3.05, 3.63) is 0 Å². The Labute approximate surface area is 150 Å². The highest BCUT2D eigenvalue weighted by molar-refractivity contribution is 5.69. The molecule has 0 bridgehead atoms. The second-order valence-corrected chi connectivity index (χ2v) is 6.89. The van der Waals surface area contributed by atoms with Crippen LogP contribution in [0.25, 0.3) is 0 Å². The van der Waals surface area contributed by atoms with E-state index in [1.165, 1.54) is 38.5 Å². The standard InChI is InChI=1S/C18H35NO6/c1-2-3-4-5-6-7-8-9-10-11-14(20)24-12-13-16(21)17(22)15(19)18(23)25-13/h13,15-18,21-23H,2-12,19H2,1H3/t13-,15-,16-,17-,18-/m1/s1. The third-order valence-electron chi connectivity index (χ3n) is 4.66. The quantitative estimate of drug-likeness (QED) is 0.304. The first-order valence-electron chi connectivity index (χ1n) is 9.58. The van der Waals surface area contributed by atoms with Gasteiger partial charge in [-0.3, -0.25) is 4.79 Å². The largest absolute Gasteiger partial charge is 0.463 e. The lowest BCUT2D eigenvalue weighted by atomic mass is 9.98. The van der Waals surface area contributed by atoms with Crippen molar-refractivity contribution in [2.75, 3.05) is 6.61 Å². The van der Waals surface area contributed by atoms with Crippen molar-refractivity contribution in [1.29, 1.82) is 0 Å². The molecular formula is C18H35NO6. The van der Waals surface area contributed by atoms with E-state index in [9.17, 15) is 20.1 Å². The topological polar surface area (TPSA) is 122 Å². The zero-order valence-electron chi connectivity index (χ0n) is 15.3. The number of unbranched alkanes of at least 4 members (excludes halogenated alkanes) is 8. The van der Waals surface area contributed by atoms with Gasteiger partial charge in [0.25, 0.3) is 0 Å². The van der Waals surface area contributed by atoms with E-state index in [0.717, 1.165) is 19.3 Å². The molecule has 0 unspecified atom stereocenters. The molecule has 0 aliphatic carbocycles. The zero-order chi connectivity index (χ0) is 18.7. The Balaban J connectivity index is 2.05. The number of hydrogen-bond donors (Lipinski definition) is 4. The maximum Gasteiger partial charge on any atom is 0.305 e. The van der Waals surface area contributed by atoms with E-state index in [1.54, 1.807) is 0 Å². The molecule has 1 aliphatic rings. The van der Waals surface area contributed by atoms with Gasteiger partial charge < -0.3 is 30.5 Å². The van der Waals surface area contributed by atoms with E-state index < -0.39 is 30.6 Å². The van der Waals surface area contributed by atoms with Gasteiger partial charge in [0.2, 0.25) is 0 Å². The fraction of sp³-hybridized carbons (Fsp3) is 0.944. The first-order valence-corrected chi connectivity index (χ1v) is 9.58. The van der Waals surface area contributed by atoms with E-state index in [-0.39, 0.29) is 12.6 Å². The Morgan fingerprint density at radius 1 is 0.960 bits per heavy atom. The predicted octanol–water partition coefficient (Wildman–Crippen LogP) is 1.22. The molecule has 0 radical (unpaired) electrons. The van der Waals surface area contributed by atoms with Crippen molar-refractivity contribution in [3.8, 4) is 0 Å². The summed E-state index contributed by atoms with van der Waals surface area (Å²) < 4.78 is 10.1. The molecule has 0 aromatic heterocycles. The van der Waals surface area contributed by atoms with Gasteiger partial charge in [-0.2, -0.15) is 0 Å². The molecule has 0 spiro atoms. The van der Waals surface area contributed by atoms with Gasteiger partial charge in [0.1, 0.15) is 24.9 Å². The molecule has 1 rings (SSSR count). The van der Waals surface area contributed by atoms with Gasteiger partial charge in [-0.25, -0.2) is 0 Å². The summed E-state index contributed by atoms with van der Waals surface area (Å²) in [7, 11) is 0. The molecule has 1 heterocycles. The Hall–Kier alpha value is -0.730. The van der Waals surface area contributed by atoms with Crippen LogP contribution < -0.4 is 5.73 Å². The Bertz CT molecular complexity index is 367. The molecule has 1 saturated heterocycles. The van der Waals surface area contributed by atoms with Crippen molar-refractivity contribution in [2.45, 2.75) is 102 Å². The minimum absolute atomic E-state index is 0.210. The first-order chi connectivity index (χ1) is 12.0. The first kappa shape index (κ1) is 22.3. The summed E-state index contributed by atoms with van der Waals surface area (Å²) in [6.45, 7) is 2.00. The maximum absolute atomic E-state index is 11.7. The van der Waals surface area contributed by atoms with E-state index in [4.69, 9.17) is 15.2 Å². The minimum atomic E-state index is -1.39. The Morgan fingerprint density at radius 3 is 2.12 bits per heavy atom. The van der Waals surface area contributed by atoms with Crippen molar-refractivity contribution < 1.29 is 29.6 Å². The lowest BCUT2D eigenvalue weighted by molar-refractivity contribution is -0.251. The van der Waals surface area contributed by atoms with Gasteiger partial charge in [-0.05, 0) is 6.42 Å². The fourth-order valence-corrected chi connectivity index (χ4v) is 2.93. The summed E-state index contributed by atoms with van der Waals surface area (Å²) in [6, 6.07) is -1.08. The lowest BCUT2D eigenvalue weighted by Gasteiger charge is -2.38. The highest BCUT2D eigenvalue weighted by Gasteiger charge is 2.42. The van der Waals surface area contributed by atoms with Crippen LogP contribution in [0.15, 0.2) is 0 Å². The second-order valence-electron chi connectivity index (χ2n) is 6.89. The van der Waals surface area contributed by atoms with Crippen LogP contribution in [0.2, 0.25) is 0 Å². The molecule has 5 atom stereocenters. The van der Waals surface area contributed by atoms with Crippen LogP contribution in [-0.4, -0.2) is 58.5 Å². The number of rotatable bonds is 12. The average Bonchev–Trinajstić information content (AvgIpc) is 2.60. The summed E-state index contributed by atoms with van der Waals surface area (Å²) in [4.78, 5) is 11.7. The highest BCUT2D eigenvalue weighted by atomic mass is 16.6. The number of carbonyl (C=O) groups excluding carboxylic acids is 1. The Kier molecular flexibility index (Phi) is 11.2. The normalized spacial score (nSPS) is 29.6. The smallest absolute Gasteiger partial charge is 0.305 e. The third-order valence-corrected chi connectivity index (χ3v) is 4.66. The molecule has 0 aromatic rings. The van der Waals surface area contributed by atoms with Crippen LogP contribution >= 0.6 is 0 Å². The molecule has 148 valence electrons. The molecule has 7 heteroatoms. The molecular weight excluding hydrogens is 326 g/mol. The summed E-state index contributed by atoms with van der Waals surface area (Å²) in [5.41, 5.74) is 5.48. The number of esters is 1. The maximum atomic E-state index is 11.7. The van der Waals surface area contributed by atoms with Crippen molar-refractivity contribution in [2.24, 2.45) is 5.73 Å². The van der Waals surface area contributed by atoms with Crippen LogP contribution in [0.5, 0.6) is 0 Å². The zero-order valence-corrected chi connectivity index (χ0v) is 15.3. The Morgan fingerprint density at radius 2 is 1.52 bits per heavy atom. The van der Waals surface area contributed by atoms with Gasteiger partial charge in [-0.15, -0.1) is 0 Å². The van der Waals surface area contributed by atoms with E-state index >= 15 is 0 Å². The monoisotopic (exact) mass is 361 g/mol. The SMILES string of the molecule is CCCCCCCCCCCC(=O)OC[C@H]1O[C@@H](O)[C@H](N)[C@@H](O)[C@@H]1O. The molecule has 25 heavy (non-hydrogen) atoms. The summed E-state index contributed by atoms with van der Waals surface area (Å²) in [6.07, 6.45) is 5.89. The van der Waals surface area contributed by atoms with Crippen molar-refractivity contribution in [1.82, 2.24) is 0 Å². The lowest BCUT2D eigenvalue weighted by Crippen LogP contribution is -2.62. The van der Waals surface area contributed by atoms with Gasteiger partial charge in [0.15, 0.2) is 6.29 Å². The molecule has 0 aromatic carbocycles. The molecule has 1 aliphatic heterocycles. The summed E-state index contributed by atoms with van der Waals surface area (Å²) >= 11 is 0. The van der Waals surface area contributed by atoms with Gasteiger partial charge in [0.05, 0.1) is 6.04 Å². The van der Waals surface area contributed by atoms with Crippen LogP contribution in [0.3, 0.4) is 0 Å². The second kappa shape index (κ2) is 12.6. The van der Waals surface area contributed by atoms with Crippen LogP contribution in [0, 0.1) is 0 Å². The number of nitrogens with two attached hydrogens (primary N) is 1. The number of ether oxygens (including phenoxy) is 2. The van der Waals surface area contributed by atoms with Crippen molar-refractivity contribution >= 4 is 5.97 Å². The van der Waals surface area contributed by atoms with Crippen LogP contribution in [0.4, 0.5) is 0 Å². The van der Waals surface area contributed by atoms with Gasteiger partial charge in [0, 0.05) is 6.42 Å². The van der Waals surface area contributed by atoms with Gasteiger partial charge in [-0.1, -0.05) is 58.3 Å². The van der Waals surface area contributed by atoms with Crippen LogP contribution in [0.1, 0.15) is 71.1 Å². The van der Waals surface area contributed by atoms with E-state index in [1.807, 2.05) is 0 Å². The molecule has 1 fully saturated rings. The summed E-state index contributed by atoms with van der Waals surface area (Å²) in [5.74, 6) is -0.363. The predicted molar refractivity (Wildman–Crippen MR) is 93.7 cm³/mol. The van der Waals surface area contributed by atoms with Crippen molar-refractivity contribution in [3.63, 3.8) is 0 Å². The highest BCUT2D eigenvalue weighted by Crippen LogP contribution is 2.19. The average molecular weight is 361 g/mol. The van der Waals surface area contributed by atoms with Gasteiger partial charge >= 0.3 is 5.97 Å². The number of carbonyl (C=O) groups is 1. The van der Waals surface area contributed by atoms with Crippen LogP contribution in [-0.2, 0) is 14.3 Å². The molecule has 5 N–H and O–H groups in total. The van der Waals surface area contributed by atoms with E-state index in [2.05, 4.69) is 6.92 Å². The van der Waals surface area contributed by atoms with E-state index in [0.29, 0.717) is 6.42 Å². The number of aliphatic hydroxyl groups excluding tert-OH is 3. The summed E-state index contributed by atoms with van der Waals surface area (Å²) in [5, 5.41) is 29.1. The molecule has 0 amide bonds. The third kappa shape index (κ3) is 8.46. The fourth-order valence-electron chi connectivity index (χ4n) is 2.93. The molecule has 7 nitrogen and oxygen atoms in total.